The van der Waals surface area contributed by atoms with Gasteiger partial charge >= 0.3 is 0 Å². The van der Waals surface area contributed by atoms with Gasteiger partial charge in [-0.1, -0.05) is 29.4 Å². The molecule has 0 atom stereocenters. The van der Waals surface area contributed by atoms with E-state index in [0.29, 0.717) is 30.2 Å². The van der Waals surface area contributed by atoms with Crippen molar-refractivity contribution in [2.75, 3.05) is 6.61 Å². The summed E-state index contributed by atoms with van der Waals surface area (Å²) in [4.78, 5) is 13.5. The number of benzene rings is 1. The molecule has 0 unspecified atom stereocenters. The number of thiophene rings is 1. The van der Waals surface area contributed by atoms with Crippen LogP contribution in [0.3, 0.4) is 0 Å². The van der Waals surface area contributed by atoms with Crippen LogP contribution in [0.15, 0.2) is 46.3 Å². The predicted octanol–water partition coefficient (Wildman–Crippen LogP) is 4.04. The van der Waals surface area contributed by atoms with E-state index in [2.05, 4.69) is 10.5 Å². The summed E-state index contributed by atoms with van der Waals surface area (Å²) in [5.41, 5.74) is 1.99. The molecule has 24 heavy (non-hydrogen) atoms. The fraction of sp³-hybridized carbons (Fsp3) is 0.222. The zero-order valence-corrected chi connectivity index (χ0v) is 14.4. The van der Waals surface area contributed by atoms with Crippen LogP contribution < -0.4 is 10.1 Å². The van der Waals surface area contributed by atoms with E-state index in [0.717, 1.165) is 16.2 Å². The Hall–Kier alpha value is -2.60. The van der Waals surface area contributed by atoms with Crippen molar-refractivity contribution >= 4 is 17.2 Å². The predicted molar refractivity (Wildman–Crippen MR) is 93.3 cm³/mol. The van der Waals surface area contributed by atoms with Gasteiger partial charge in [0.25, 0.3) is 5.91 Å². The van der Waals surface area contributed by atoms with Gasteiger partial charge in [0.1, 0.15) is 11.3 Å². The van der Waals surface area contributed by atoms with Crippen LogP contribution in [0.25, 0.3) is 10.6 Å². The van der Waals surface area contributed by atoms with Gasteiger partial charge in [0, 0.05) is 12.1 Å². The Labute approximate surface area is 144 Å². The second-order valence-corrected chi connectivity index (χ2v) is 6.12. The minimum Gasteiger partial charge on any atom is -0.494 e. The van der Waals surface area contributed by atoms with Crippen LogP contribution >= 0.6 is 11.3 Å². The molecule has 0 aliphatic rings. The zero-order chi connectivity index (χ0) is 16.9. The van der Waals surface area contributed by atoms with Crippen LogP contribution in [0, 0.1) is 6.92 Å². The summed E-state index contributed by atoms with van der Waals surface area (Å²) in [7, 11) is 0. The highest BCUT2D eigenvalue weighted by Crippen LogP contribution is 2.30. The molecule has 0 spiro atoms. The first-order valence-corrected chi connectivity index (χ1v) is 8.57. The van der Waals surface area contributed by atoms with Gasteiger partial charge in [-0.15, -0.1) is 11.3 Å². The number of aromatic nitrogens is 1. The largest absolute Gasteiger partial charge is 0.494 e. The van der Waals surface area contributed by atoms with E-state index in [9.17, 15) is 4.79 Å². The molecule has 0 aliphatic heterocycles. The summed E-state index contributed by atoms with van der Waals surface area (Å²) >= 11 is 1.51. The first-order valence-electron chi connectivity index (χ1n) is 7.69. The lowest BCUT2D eigenvalue weighted by atomic mass is 10.1. The summed E-state index contributed by atoms with van der Waals surface area (Å²) in [5, 5.41) is 8.81. The van der Waals surface area contributed by atoms with Crippen molar-refractivity contribution in [3.8, 4) is 16.4 Å². The quantitative estimate of drug-likeness (QED) is 0.734. The number of ether oxygens (including phenoxy) is 1. The molecule has 0 aliphatic carbocycles. The van der Waals surface area contributed by atoms with Crippen molar-refractivity contribution < 1.29 is 14.1 Å². The van der Waals surface area contributed by atoms with E-state index >= 15 is 0 Å². The van der Waals surface area contributed by atoms with Crippen LogP contribution in [-0.4, -0.2) is 17.7 Å². The number of amides is 1. The van der Waals surface area contributed by atoms with Crippen LogP contribution in [0.4, 0.5) is 0 Å². The Morgan fingerprint density at radius 1 is 1.29 bits per heavy atom. The van der Waals surface area contributed by atoms with E-state index in [1.54, 1.807) is 6.92 Å². The lowest BCUT2D eigenvalue weighted by Crippen LogP contribution is -2.24. The summed E-state index contributed by atoms with van der Waals surface area (Å²) < 4.78 is 10.9. The normalized spacial score (nSPS) is 10.6. The molecular formula is C18H18N2O3S. The van der Waals surface area contributed by atoms with Gasteiger partial charge in [-0.2, -0.15) is 0 Å². The number of para-hydroxylation sites is 1. The van der Waals surface area contributed by atoms with Crippen molar-refractivity contribution in [3.63, 3.8) is 0 Å². The maximum Gasteiger partial charge on any atom is 0.257 e. The number of carbonyl (C=O) groups excluding carboxylic acids is 1. The molecular weight excluding hydrogens is 324 g/mol. The van der Waals surface area contributed by atoms with Gasteiger partial charge in [0.05, 0.1) is 17.2 Å². The van der Waals surface area contributed by atoms with Crippen molar-refractivity contribution in [2.45, 2.75) is 20.4 Å². The van der Waals surface area contributed by atoms with E-state index in [4.69, 9.17) is 9.26 Å². The molecule has 0 radical (unpaired) electrons. The molecule has 0 fully saturated rings. The van der Waals surface area contributed by atoms with Crippen molar-refractivity contribution in [1.82, 2.24) is 10.5 Å². The molecule has 0 bridgehead atoms. The van der Waals surface area contributed by atoms with Gasteiger partial charge in [0.2, 0.25) is 0 Å². The average Bonchev–Trinajstić information content (AvgIpc) is 3.23. The van der Waals surface area contributed by atoms with Gasteiger partial charge in [-0.05, 0) is 31.4 Å². The van der Waals surface area contributed by atoms with Crippen molar-refractivity contribution in [1.29, 1.82) is 0 Å². The smallest absolute Gasteiger partial charge is 0.257 e. The van der Waals surface area contributed by atoms with Crippen LogP contribution in [-0.2, 0) is 6.54 Å². The van der Waals surface area contributed by atoms with Gasteiger partial charge in [-0.25, -0.2) is 0 Å². The first kappa shape index (κ1) is 16.3. The highest BCUT2D eigenvalue weighted by molar-refractivity contribution is 7.13. The molecule has 0 saturated heterocycles. The molecule has 2 aromatic heterocycles. The Morgan fingerprint density at radius 3 is 2.88 bits per heavy atom. The van der Waals surface area contributed by atoms with Crippen LogP contribution in [0.5, 0.6) is 5.75 Å². The minimum atomic E-state index is -0.205. The molecule has 1 aromatic carbocycles. The summed E-state index contributed by atoms with van der Waals surface area (Å²) in [6, 6.07) is 11.5. The molecule has 5 nitrogen and oxygen atoms in total. The lowest BCUT2D eigenvalue weighted by Gasteiger charge is -2.11. The van der Waals surface area contributed by atoms with Gasteiger partial charge < -0.3 is 14.6 Å². The Morgan fingerprint density at radius 2 is 2.12 bits per heavy atom. The second-order valence-electron chi connectivity index (χ2n) is 5.17. The molecule has 1 N–H and O–H groups in total. The van der Waals surface area contributed by atoms with E-state index in [-0.39, 0.29) is 5.91 Å². The van der Waals surface area contributed by atoms with E-state index in [1.165, 1.54) is 11.3 Å². The Bertz CT molecular complexity index is 825. The van der Waals surface area contributed by atoms with Crippen molar-refractivity contribution in [3.05, 3.63) is 58.6 Å². The lowest BCUT2D eigenvalue weighted by molar-refractivity contribution is 0.0950. The van der Waals surface area contributed by atoms with Gasteiger partial charge in [-0.3, -0.25) is 4.79 Å². The highest BCUT2D eigenvalue weighted by atomic mass is 32.1. The maximum absolute atomic E-state index is 12.6. The fourth-order valence-electron chi connectivity index (χ4n) is 2.42. The second kappa shape index (κ2) is 7.31. The van der Waals surface area contributed by atoms with Gasteiger partial charge in [0.15, 0.2) is 5.76 Å². The van der Waals surface area contributed by atoms with E-state index in [1.807, 2.05) is 48.7 Å². The SMILES string of the molecule is CCOc1ccccc1CNC(=O)c1c(C)noc1-c1cccs1. The first-order chi connectivity index (χ1) is 11.7. The number of carbonyl (C=O) groups is 1. The molecule has 2 heterocycles. The standard InChI is InChI=1S/C18H18N2O3S/c1-3-22-14-8-5-4-7-13(14)11-19-18(21)16-12(2)20-23-17(16)15-9-6-10-24-15/h4-10H,3,11H2,1-2H3,(H,19,21). The van der Waals surface area contributed by atoms with Crippen LogP contribution in [0.1, 0.15) is 28.5 Å². The third-order valence-corrected chi connectivity index (χ3v) is 4.42. The monoisotopic (exact) mass is 342 g/mol. The highest BCUT2D eigenvalue weighted by Gasteiger charge is 2.22. The summed E-state index contributed by atoms with van der Waals surface area (Å²) in [6.45, 7) is 4.66. The molecule has 3 rings (SSSR count). The Kier molecular flexibility index (Phi) is 4.96. The number of nitrogens with zero attached hydrogens (tertiary/aromatic N) is 1. The average molecular weight is 342 g/mol. The number of rotatable bonds is 6. The molecule has 124 valence electrons. The van der Waals surface area contributed by atoms with E-state index < -0.39 is 0 Å². The number of aryl methyl sites for hydroxylation is 1. The number of hydrogen-bond donors (Lipinski definition) is 1. The topological polar surface area (TPSA) is 64.4 Å². The van der Waals surface area contributed by atoms with Crippen LogP contribution in [0.2, 0.25) is 0 Å². The molecule has 0 saturated carbocycles. The Balaban J connectivity index is 1.78. The molecule has 6 heteroatoms. The minimum absolute atomic E-state index is 0.205. The maximum atomic E-state index is 12.6. The number of hydrogen-bond acceptors (Lipinski definition) is 5. The fourth-order valence-corrected chi connectivity index (χ4v) is 3.13. The molecule has 3 aromatic rings. The summed E-state index contributed by atoms with van der Waals surface area (Å²) in [5.74, 6) is 1.09. The third-order valence-electron chi connectivity index (χ3n) is 3.55. The van der Waals surface area contributed by atoms with Crippen molar-refractivity contribution in [2.24, 2.45) is 0 Å². The number of nitrogens with one attached hydrogen (secondary N) is 1. The molecule has 1 amide bonds. The zero-order valence-electron chi connectivity index (χ0n) is 13.5. The summed E-state index contributed by atoms with van der Waals surface area (Å²) in [6.07, 6.45) is 0. The third kappa shape index (κ3) is 3.33.